The van der Waals surface area contributed by atoms with E-state index >= 15 is 0 Å². The van der Waals surface area contributed by atoms with Gasteiger partial charge in [0.15, 0.2) is 5.82 Å². The topological polar surface area (TPSA) is 84.9 Å². The third kappa shape index (κ3) is 3.92. The summed E-state index contributed by atoms with van der Waals surface area (Å²) in [5.41, 5.74) is 2.59. The van der Waals surface area contributed by atoms with E-state index in [0.29, 0.717) is 18.4 Å². The van der Waals surface area contributed by atoms with Crippen molar-refractivity contribution in [2.24, 2.45) is 0 Å². The summed E-state index contributed by atoms with van der Waals surface area (Å²) >= 11 is 0. The standard InChI is InChI=1S/C20H18N6O/c1-2-27-16-10-8-15(9-11-16)23-20-25-18(13-22-26-20)24-17-7-3-5-14-6-4-12-21-19(14)17/h3-13H,2H2,1H3,(H2,23,24,25,26). The number of hydrogen-bond acceptors (Lipinski definition) is 7. The number of anilines is 4. The molecule has 0 spiro atoms. The molecule has 0 saturated heterocycles. The lowest BCUT2D eigenvalue weighted by Crippen LogP contribution is -2.03. The summed E-state index contributed by atoms with van der Waals surface area (Å²) < 4.78 is 5.44. The smallest absolute Gasteiger partial charge is 0.249 e. The minimum absolute atomic E-state index is 0.400. The van der Waals surface area contributed by atoms with E-state index in [-0.39, 0.29) is 0 Å². The summed E-state index contributed by atoms with van der Waals surface area (Å²) in [5.74, 6) is 1.80. The van der Waals surface area contributed by atoms with Gasteiger partial charge in [0.2, 0.25) is 5.95 Å². The molecule has 4 rings (SSSR count). The third-order valence-electron chi connectivity index (χ3n) is 3.88. The maximum atomic E-state index is 5.44. The Bertz CT molecular complexity index is 1050. The molecule has 7 nitrogen and oxygen atoms in total. The number of nitrogens with zero attached hydrogens (tertiary/aromatic N) is 4. The van der Waals surface area contributed by atoms with E-state index in [0.717, 1.165) is 28.0 Å². The van der Waals surface area contributed by atoms with Gasteiger partial charge in [-0.1, -0.05) is 18.2 Å². The molecule has 0 saturated carbocycles. The average Bonchev–Trinajstić information content (AvgIpc) is 2.70. The second-order valence-corrected chi connectivity index (χ2v) is 5.75. The number of para-hydroxylation sites is 1. The molecule has 0 aliphatic carbocycles. The van der Waals surface area contributed by atoms with Gasteiger partial charge in [0.05, 0.1) is 24.0 Å². The largest absolute Gasteiger partial charge is 0.494 e. The molecule has 2 aromatic heterocycles. The van der Waals surface area contributed by atoms with Gasteiger partial charge in [-0.05, 0) is 43.3 Å². The third-order valence-corrected chi connectivity index (χ3v) is 3.88. The molecule has 134 valence electrons. The first-order chi connectivity index (χ1) is 13.3. The molecule has 0 bridgehead atoms. The number of benzene rings is 2. The van der Waals surface area contributed by atoms with E-state index < -0.39 is 0 Å². The maximum absolute atomic E-state index is 5.44. The van der Waals surface area contributed by atoms with Crippen LogP contribution in [0.1, 0.15) is 6.92 Å². The molecule has 0 radical (unpaired) electrons. The first-order valence-corrected chi connectivity index (χ1v) is 8.62. The molecule has 2 heterocycles. The number of pyridine rings is 1. The van der Waals surface area contributed by atoms with Crippen LogP contribution in [0.25, 0.3) is 10.9 Å². The van der Waals surface area contributed by atoms with Crippen molar-refractivity contribution in [3.8, 4) is 5.75 Å². The van der Waals surface area contributed by atoms with E-state index in [2.05, 4.69) is 30.8 Å². The van der Waals surface area contributed by atoms with Gasteiger partial charge in [-0.15, -0.1) is 5.10 Å². The predicted octanol–water partition coefficient (Wildman–Crippen LogP) is 4.31. The van der Waals surface area contributed by atoms with Crippen molar-refractivity contribution in [1.82, 2.24) is 20.2 Å². The Morgan fingerprint density at radius 1 is 0.963 bits per heavy atom. The molecule has 0 unspecified atom stereocenters. The van der Waals surface area contributed by atoms with E-state index in [4.69, 9.17) is 4.74 Å². The minimum Gasteiger partial charge on any atom is -0.494 e. The second-order valence-electron chi connectivity index (χ2n) is 5.75. The summed E-state index contributed by atoms with van der Waals surface area (Å²) in [4.78, 5) is 8.91. The van der Waals surface area contributed by atoms with Crippen LogP contribution in [0.15, 0.2) is 67.0 Å². The molecule has 0 fully saturated rings. The van der Waals surface area contributed by atoms with Gasteiger partial charge in [-0.3, -0.25) is 4.98 Å². The quantitative estimate of drug-likeness (QED) is 0.531. The Balaban J connectivity index is 1.53. The summed E-state index contributed by atoms with van der Waals surface area (Å²) in [6.07, 6.45) is 3.34. The predicted molar refractivity (Wildman–Crippen MR) is 106 cm³/mol. The molecule has 0 atom stereocenters. The highest BCUT2D eigenvalue weighted by atomic mass is 16.5. The fourth-order valence-corrected chi connectivity index (χ4v) is 2.69. The fraction of sp³-hybridized carbons (Fsp3) is 0.100. The number of ether oxygens (including phenoxy) is 1. The zero-order valence-electron chi connectivity index (χ0n) is 14.8. The van der Waals surface area contributed by atoms with Crippen LogP contribution in [0.4, 0.5) is 23.1 Å². The second kappa shape index (κ2) is 7.65. The van der Waals surface area contributed by atoms with E-state index in [1.54, 1.807) is 12.4 Å². The van der Waals surface area contributed by atoms with Gasteiger partial charge in [0.1, 0.15) is 5.75 Å². The Kier molecular flexibility index (Phi) is 4.74. The van der Waals surface area contributed by atoms with Crippen LogP contribution in [-0.2, 0) is 0 Å². The van der Waals surface area contributed by atoms with Gasteiger partial charge < -0.3 is 15.4 Å². The number of rotatable bonds is 6. The van der Waals surface area contributed by atoms with Gasteiger partial charge >= 0.3 is 0 Å². The van der Waals surface area contributed by atoms with Crippen LogP contribution in [0.2, 0.25) is 0 Å². The van der Waals surface area contributed by atoms with E-state index in [1.807, 2.05) is 61.5 Å². The van der Waals surface area contributed by atoms with Crippen molar-refractivity contribution in [2.45, 2.75) is 6.92 Å². The first kappa shape index (κ1) is 16.7. The monoisotopic (exact) mass is 358 g/mol. The molecule has 2 N–H and O–H groups in total. The molecule has 7 heteroatoms. The molecule has 27 heavy (non-hydrogen) atoms. The fourth-order valence-electron chi connectivity index (χ4n) is 2.69. The maximum Gasteiger partial charge on any atom is 0.249 e. The summed E-state index contributed by atoms with van der Waals surface area (Å²) in [6.45, 7) is 2.59. The lowest BCUT2D eigenvalue weighted by atomic mass is 10.2. The van der Waals surface area contributed by atoms with Gasteiger partial charge in [-0.2, -0.15) is 10.1 Å². The van der Waals surface area contributed by atoms with Gasteiger partial charge in [0, 0.05) is 17.3 Å². The van der Waals surface area contributed by atoms with Crippen LogP contribution in [0.5, 0.6) is 5.75 Å². The van der Waals surface area contributed by atoms with E-state index in [1.165, 1.54) is 0 Å². The van der Waals surface area contributed by atoms with Crippen LogP contribution in [0, 0.1) is 0 Å². The highest BCUT2D eigenvalue weighted by Gasteiger charge is 2.06. The van der Waals surface area contributed by atoms with Gasteiger partial charge in [0.25, 0.3) is 0 Å². The van der Waals surface area contributed by atoms with Crippen molar-refractivity contribution < 1.29 is 4.74 Å². The molecule has 2 aromatic carbocycles. The number of nitrogens with one attached hydrogen (secondary N) is 2. The highest BCUT2D eigenvalue weighted by Crippen LogP contribution is 2.24. The lowest BCUT2D eigenvalue weighted by Gasteiger charge is -2.10. The summed E-state index contributed by atoms with van der Waals surface area (Å²) in [5, 5.41) is 15.5. The van der Waals surface area contributed by atoms with Gasteiger partial charge in [-0.25, -0.2) is 0 Å². The molecule has 0 amide bonds. The zero-order chi connectivity index (χ0) is 18.5. The van der Waals surface area contributed by atoms with Crippen molar-refractivity contribution in [3.05, 3.63) is 67.0 Å². The number of aromatic nitrogens is 4. The van der Waals surface area contributed by atoms with Crippen molar-refractivity contribution in [1.29, 1.82) is 0 Å². The molecular formula is C20H18N6O. The van der Waals surface area contributed by atoms with Crippen molar-refractivity contribution in [3.63, 3.8) is 0 Å². The molecule has 0 aliphatic rings. The molecular weight excluding hydrogens is 340 g/mol. The molecule has 4 aromatic rings. The summed E-state index contributed by atoms with van der Waals surface area (Å²) in [6, 6.07) is 17.5. The highest BCUT2D eigenvalue weighted by molar-refractivity contribution is 5.91. The first-order valence-electron chi connectivity index (χ1n) is 8.62. The lowest BCUT2D eigenvalue weighted by molar-refractivity contribution is 0.340. The number of hydrogen-bond donors (Lipinski definition) is 2. The van der Waals surface area contributed by atoms with Crippen molar-refractivity contribution in [2.75, 3.05) is 17.2 Å². The minimum atomic E-state index is 0.400. The van der Waals surface area contributed by atoms with Crippen LogP contribution in [0.3, 0.4) is 0 Å². The van der Waals surface area contributed by atoms with Crippen LogP contribution in [-0.4, -0.2) is 26.8 Å². The van der Waals surface area contributed by atoms with E-state index in [9.17, 15) is 0 Å². The summed E-state index contributed by atoms with van der Waals surface area (Å²) in [7, 11) is 0. The number of fused-ring (bicyclic) bond motifs is 1. The Labute approximate surface area is 156 Å². The SMILES string of the molecule is CCOc1ccc(Nc2nncc(Nc3cccc4cccnc34)n2)cc1. The average molecular weight is 358 g/mol. The van der Waals surface area contributed by atoms with Crippen molar-refractivity contribution >= 4 is 34.0 Å². The Morgan fingerprint density at radius 2 is 1.81 bits per heavy atom. The Morgan fingerprint density at radius 3 is 2.67 bits per heavy atom. The normalized spacial score (nSPS) is 10.6. The zero-order valence-corrected chi connectivity index (χ0v) is 14.8. The van der Waals surface area contributed by atoms with Crippen LogP contribution >= 0.6 is 0 Å². The Hall–Kier alpha value is -3.74. The molecule has 0 aliphatic heterocycles. The van der Waals surface area contributed by atoms with Crippen LogP contribution < -0.4 is 15.4 Å².